The molecule has 3 saturated heterocycles. The van der Waals surface area contributed by atoms with Crippen LogP contribution in [-0.2, 0) is 186 Å². The highest BCUT2D eigenvalue weighted by molar-refractivity contribution is 5.79. The lowest BCUT2D eigenvalue weighted by atomic mass is 9.96. The van der Waals surface area contributed by atoms with Crippen LogP contribution < -0.4 is 37.2 Å². The smallest absolute Gasteiger partial charge is 0.303 e. The minimum Gasteiger partial charge on any atom is -0.481 e. The van der Waals surface area contributed by atoms with Crippen LogP contribution in [0.2, 0.25) is 0 Å². The summed E-state index contributed by atoms with van der Waals surface area (Å²) in [6, 6.07) is -3.23. The zero-order valence-corrected chi connectivity index (χ0v) is 76.4. The number of carboxylic acid groups (broad SMARTS) is 1. The number of unbranched alkanes of at least 4 members (excludes halogenated alkanes) is 7. The van der Waals surface area contributed by atoms with Crippen LogP contribution >= 0.6 is 0 Å². The lowest BCUT2D eigenvalue weighted by Gasteiger charge is -2.44. The Morgan fingerprint density at radius 3 is 0.954 bits per heavy atom. The van der Waals surface area contributed by atoms with Gasteiger partial charge in [-0.1, -0.05) is 38.5 Å². The van der Waals surface area contributed by atoms with Gasteiger partial charge in [-0.3, -0.25) is 76.7 Å². The standard InChI is InChI=1S/C83H137N7O40/c1-53(91)87-73-65(123-59(7)97)46-64(47-120-56(4)94)128-80(73)117-43-40-111-37-34-108-31-25-84-68(102)22-28-114-50-83(90-71(105)20-18-16-14-12-13-15-17-19-21-72(106)107,51-115-29-23-69(103)85-26-32-109-35-38-112-41-44-118-81-74(88-54(2)92)78(126-62(10)100)76(124-60(8)98)66(129-81)48-121-57(5)95)52-116-30-24-70(104)86-27-33-110-36-39-113-42-45-119-82-75(89-55(3)93)79(127-63(11)101)77(125-61(9)99)67(130-82)49-122-58(6)96/h64-67,73-82H,12-52H2,1-11H3,(H,84,102)(H,85,103)(H,86,104)(H,87,91)(H,88,92)(H,89,93)(H,90,105)(H,106,107). The fourth-order valence-corrected chi connectivity index (χ4v) is 13.2. The van der Waals surface area contributed by atoms with Crippen molar-refractivity contribution >= 4 is 95.1 Å². The molecular formula is C83H137N7O40. The van der Waals surface area contributed by atoms with Crippen LogP contribution in [0.4, 0.5) is 0 Å². The van der Waals surface area contributed by atoms with Gasteiger partial charge in [0.1, 0.15) is 61.8 Å². The third-order valence-corrected chi connectivity index (χ3v) is 18.7. The van der Waals surface area contributed by atoms with Crippen LogP contribution in [0.5, 0.6) is 0 Å². The summed E-state index contributed by atoms with van der Waals surface area (Å²) in [4.78, 5) is 197. The number of amides is 7. The molecule has 0 aliphatic carbocycles. The maximum absolute atomic E-state index is 14.0. The zero-order valence-electron chi connectivity index (χ0n) is 76.4. The van der Waals surface area contributed by atoms with Gasteiger partial charge in [0.05, 0.1) is 145 Å². The summed E-state index contributed by atoms with van der Waals surface area (Å²) in [6.45, 7) is 11.6. The van der Waals surface area contributed by atoms with Gasteiger partial charge in [-0.15, -0.1) is 0 Å². The van der Waals surface area contributed by atoms with Crippen LogP contribution in [0, 0.1) is 0 Å². The molecule has 0 aromatic carbocycles. The molecule has 14 unspecified atom stereocenters. The van der Waals surface area contributed by atoms with Crippen molar-refractivity contribution in [2.45, 2.75) is 257 Å². The highest BCUT2D eigenvalue weighted by Gasteiger charge is 2.53. The minimum absolute atomic E-state index is 0.0144. The molecule has 3 fully saturated rings. The number of aliphatic carboxylic acids is 1. The van der Waals surface area contributed by atoms with Crippen LogP contribution in [-0.4, -0.2) is 370 Å². The van der Waals surface area contributed by atoms with Gasteiger partial charge in [0.25, 0.3) is 0 Å². The molecular weight excluding hydrogens is 1730 g/mol. The first kappa shape index (κ1) is 115. The van der Waals surface area contributed by atoms with E-state index in [1.54, 1.807) is 0 Å². The van der Waals surface area contributed by atoms with E-state index in [2.05, 4.69) is 37.2 Å². The lowest BCUT2D eigenvalue weighted by Crippen LogP contribution is -2.66. The molecule has 0 saturated carbocycles. The predicted octanol–water partition coefficient (Wildman–Crippen LogP) is -1.03. The molecule has 8 N–H and O–H groups in total. The fourth-order valence-electron chi connectivity index (χ4n) is 13.2. The zero-order chi connectivity index (χ0) is 96.0. The number of rotatable bonds is 71. The number of hydrogen-bond donors (Lipinski definition) is 8. The third kappa shape index (κ3) is 54.0. The van der Waals surface area contributed by atoms with E-state index < -0.39 is 194 Å². The number of carbonyl (C=O) groups is 16. The Bertz CT molecular complexity index is 3280. The summed E-state index contributed by atoms with van der Waals surface area (Å²) in [5, 5.41) is 28.2. The topological polar surface area (TPSA) is 590 Å². The second kappa shape index (κ2) is 68.0. The SMILES string of the molecule is CC(=O)NC1C(OC(C)=O)CC(COC(C)=O)OC1OCCOCCOCCNC(=O)CCOCC(COCCC(=O)NCCOCCOCCOC1OC(COC(C)=O)C(OC(C)=O)C(OC(C)=O)C1NC(C)=O)(COCCC(=O)NCCOCCOCCOC1OC(COC(C)=O)C(OC(C)=O)C(OC(C)=O)C1NC(C)=O)NC(=O)CCCCCCCCCCC(=O)O. The first-order valence-electron chi connectivity index (χ1n) is 43.5. The van der Waals surface area contributed by atoms with E-state index in [0.717, 1.165) is 73.6 Å². The molecule has 3 aliphatic heterocycles. The van der Waals surface area contributed by atoms with Crippen molar-refractivity contribution in [3.05, 3.63) is 0 Å². The maximum Gasteiger partial charge on any atom is 0.303 e. The van der Waals surface area contributed by atoms with Crippen molar-refractivity contribution < 1.29 is 191 Å². The first-order valence-corrected chi connectivity index (χ1v) is 43.5. The summed E-state index contributed by atoms with van der Waals surface area (Å²) in [7, 11) is 0. The van der Waals surface area contributed by atoms with Crippen LogP contribution in [0.1, 0.15) is 166 Å². The molecule has 130 heavy (non-hydrogen) atoms. The molecule has 7 amide bonds. The van der Waals surface area contributed by atoms with Gasteiger partial charge in [0.15, 0.2) is 43.3 Å². The Balaban J connectivity index is 1.63. The quantitative estimate of drug-likeness (QED) is 0.0205. The first-order chi connectivity index (χ1) is 62.1. The van der Waals surface area contributed by atoms with Gasteiger partial charge in [-0.2, -0.15) is 0 Å². The molecule has 0 bridgehead atoms. The molecule has 0 radical (unpaired) electrons. The number of carboxylic acids is 1. The third-order valence-electron chi connectivity index (χ3n) is 18.7. The lowest BCUT2D eigenvalue weighted by molar-refractivity contribution is -0.279. The van der Waals surface area contributed by atoms with Crippen molar-refractivity contribution in [3.63, 3.8) is 0 Å². The average Bonchev–Trinajstić information content (AvgIpc) is 0.794. The Labute approximate surface area is 755 Å². The molecule has 3 rings (SSSR count). The summed E-state index contributed by atoms with van der Waals surface area (Å²) in [5.74, 6) is -9.55. The normalized spacial score (nSPS) is 21.6. The Hall–Kier alpha value is -9.08. The number of ether oxygens (including phenoxy) is 23. The number of nitrogens with one attached hydrogen (secondary N) is 7. The predicted molar refractivity (Wildman–Crippen MR) is 444 cm³/mol. The van der Waals surface area contributed by atoms with Crippen molar-refractivity contribution in [2.24, 2.45) is 0 Å². The van der Waals surface area contributed by atoms with Crippen LogP contribution in [0.15, 0.2) is 0 Å². The molecule has 744 valence electrons. The Morgan fingerprint density at radius 1 is 0.308 bits per heavy atom. The molecule has 0 aromatic rings. The molecule has 0 spiro atoms. The van der Waals surface area contributed by atoms with Gasteiger partial charge in [-0.05, 0) is 12.8 Å². The molecule has 14 atom stereocenters. The van der Waals surface area contributed by atoms with Crippen LogP contribution in [0.25, 0.3) is 0 Å². The van der Waals surface area contributed by atoms with Gasteiger partial charge >= 0.3 is 53.7 Å². The Kier molecular flexibility index (Phi) is 60.2. The molecule has 3 aliphatic rings. The van der Waals surface area contributed by atoms with Crippen molar-refractivity contribution in [3.8, 4) is 0 Å². The molecule has 47 heteroatoms. The summed E-state index contributed by atoms with van der Waals surface area (Å²) < 4.78 is 131. The number of hydrogen-bond acceptors (Lipinski definition) is 39. The fraction of sp³-hybridized carbons (Fsp3) is 0.807. The van der Waals surface area contributed by atoms with E-state index in [-0.39, 0.29) is 209 Å². The van der Waals surface area contributed by atoms with Gasteiger partial charge in [-0.25, -0.2) is 0 Å². The summed E-state index contributed by atoms with van der Waals surface area (Å²) in [5.41, 5.74) is -1.46. The summed E-state index contributed by atoms with van der Waals surface area (Å²) >= 11 is 0. The van der Waals surface area contributed by atoms with E-state index in [9.17, 15) is 76.7 Å². The number of esters is 8. The summed E-state index contributed by atoms with van der Waals surface area (Å²) in [6.07, 6.45) is -6.83. The second-order valence-electron chi connectivity index (χ2n) is 30.3. The Morgan fingerprint density at radius 2 is 0.615 bits per heavy atom. The monoisotopic (exact) mass is 1870 g/mol. The molecule has 47 nitrogen and oxygen atoms in total. The van der Waals surface area contributed by atoms with Crippen molar-refractivity contribution in [1.82, 2.24) is 37.2 Å². The maximum atomic E-state index is 14.0. The molecule has 0 aromatic heterocycles. The second-order valence-corrected chi connectivity index (χ2v) is 30.3. The van der Waals surface area contributed by atoms with Crippen LogP contribution in [0.3, 0.4) is 0 Å². The van der Waals surface area contributed by atoms with Gasteiger partial charge in [0, 0.05) is 134 Å². The van der Waals surface area contributed by atoms with E-state index in [4.69, 9.17) is 114 Å². The molecule has 3 heterocycles. The van der Waals surface area contributed by atoms with E-state index in [0.29, 0.717) is 19.3 Å². The highest BCUT2D eigenvalue weighted by atomic mass is 16.7. The van der Waals surface area contributed by atoms with Gasteiger partial charge in [0.2, 0.25) is 41.4 Å². The average molecular weight is 1870 g/mol. The number of carbonyl (C=O) groups excluding carboxylic acids is 15. The van der Waals surface area contributed by atoms with Crippen molar-refractivity contribution in [1.29, 1.82) is 0 Å². The van der Waals surface area contributed by atoms with E-state index >= 15 is 0 Å². The van der Waals surface area contributed by atoms with Crippen molar-refractivity contribution in [2.75, 3.05) is 178 Å². The van der Waals surface area contributed by atoms with Gasteiger partial charge < -0.3 is 151 Å². The van der Waals surface area contributed by atoms with E-state index in [1.807, 2.05) is 0 Å². The minimum atomic E-state index is -1.46. The highest BCUT2D eigenvalue weighted by Crippen LogP contribution is 2.31. The largest absolute Gasteiger partial charge is 0.481 e. The van der Waals surface area contributed by atoms with E-state index in [1.165, 1.54) is 34.6 Å².